The van der Waals surface area contributed by atoms with Gasteiger partial charge in [0.2, 0.25) is 0 Å². The van der Waals surface area contributed by atoms with Crippen LogP contribution in [0.2, 0.25) is 0 Å². The van der Waals surface area contributed by atoms with Gasteiger partial charge in [-0.1, -0.05) is 24.6 Å². The van der Waals surface area contributed by atoms with Crippen molar-refractivity contribution >= 4 is 5.69 Å². The molecule has 2 unspecified atom stereocenters. The predicted octanol–water partition coefficient (Wildman–Crippen LogP) is 3.39. The zero-order chi connectivity index (χ0) is 9.38. The second-order valence-electron chi connectivity index (χ2n) is 4.60. The molecule has 1 aromatic rings. The van der Waals surface area contributed by atoms with Crippen LogP contribution in [0.15, 0.2) is 24.3 Å². The van der Waals surface area contributed by atoms with Gasteiger partial charge in [0.15, 0.2) is 0 Å². The lowest BCUT2D eigenvalue weighted by Crippen LogP contribution is -2.05. The summed E-state index contributed by atoms with van der Waals surface area (Å²) in [5.41, 5.74) is 2.97. The minimum atomic E-state index is 0.848. The second kappa shape index (κ2) is 3.30. The molecule has 1 fully saturated rings. The maximum atomic E-state index is 3.55. The number of para-hydroxylation sites is 1. The Morgan fingerprint density at radius 3 is 3.00 bits per heavy atom. The Morgan fingerprint density at radius 1 is 1.07 bits per heavy atom. The van der Waals surface area contributed by atoms with Crippen molar-refractivity contribution < 1.29 is 0 Å². The fourth-order valence-electron chi connectivity index (χ4n) is 3.17. The number of fused-ring (bicyclic) bond motifs is 3. The van der Waals surface area contributed by atoms with E-state index in [1.54, 1.807) is 5.56 Å². The van der Waals surface area contributed by atoms with Gasteiger partial charge in [0, 0.05) is 12.2 Å². The molecule has 1 aromatic carbocycles. The zero-order valence-corrected chi connectivity index (χ0v) is 8.50. The standard InChI is InChI=1S/C13H17N/c1-2-7-13-12(5-1)11-6-3-4-10(11)8-9-14-13/h1-2,5,7,10-11,14H,3-4,6,8-9H2. The van der Waals surface area contributed by atoms with E-state index >= 15 is 0 Å². The molecule has 0 saturated heterocycles. The van der Waals surface area contributed by atoms with Crippen LogP contribution in [-0.4, -0.2) is 6.54 Å². The Kier molecular flexibility index (Phi) is 1.97. The normalized spacial score (nSPS) is 30.0. The van der Waals surface area contributed by atoms with E-state index in [0.717, 1.165) is 18.4 Å². The molecule has 14 heavy (non-hydrogen) atoms. The Labute approximate surface area is 85.5 Å². The summed E-state index contributed by atoms with van der Waals surface area (Å²) in [5.74, 6) is 1.80. The van der Waals surface area contributed by atoms with E-state index in [0.29, 0.717) is 0 Å². The van der Waals surface area contributed by atoms with Crippen LogP contribution < -0.4 is 5.32 Å². The van der Waals surface area contributed by atoms with Crippen LogP contribution in [0.1, 0.15) is 37.2 Å². The van der Waals surface area contributed by atoms with Crippen molar-refractivity contribution in [3.8, 4) is 0 Å². The number of anilines is 1. The summed E-state index contributed by atoms with van der Waals surface area (Å²) in [5, 5.41) is 3.55. The third-order valence-corrected chi connectivity index (χ3v) is 3.85. The average molecular weight is 187 g/mol. The minimum absolute atomic E-state index is 0.848. The monoisotopic (exact) mass is 187 g/mol. The van der Waals surface area contributed by atoms with Gasteiger partial charge in [0.1, 0.15) is 0 Å². The molecule has 0 amide bonds. The van der Waals surface area contributed by atoms with Gasteiger partial charge in [0.05, 0.1) is 0 Å². The van der Waals surface area contributed by atoms with Crippen LogP contribution in [-0.2, 0) is 0 Å². The summed E-state index contributed by atoms with van der Waals surface area (Å²) in [6.45, 7) is 1.16. The highest BCUT2D eigenvalue weighted by atomic mass is 14.9. The van der Waals surface area contributed by atoms with Gasteiger partial charge in [-0.05, 0) is 42.7 Å². The molecule has 1 aliphatic carbocycles. The summed E-state index contributed by atoms with van der Waals surface area (Å²) >= 11 is 0. The molecular weight excluding hydrogens is 170 g/mol. The van der Waals surface area contributed by atoms with E-state index in [4.69, 9.17) is 0 Å². The molecule has 0 aromatic heterocycles. The molecule has 1 heteroatoms. The lowest BCUT2D eigenvalue weighted by Gasteiger charge is -2.17. The Hall–Kier alpha value is -0.980. The fraction of sp³-hybridized carbons (Fsp3) is 0.538. The van der Waals surface area contributed by atoms with Crippen LogP contribution in [0.5, 0.6) is 0 Å². The molecule has 1 heterocycles. The zero-order valence-electron chi connectivity index (χ0n) is 8.50. The van der Waals surface area contributed by atoms with Crippen molar-refractivity contribution in [3.63, 3.8) is 0 Å². The maximum Gasteiger partial charge on any atom is 0.0375 e. The van der Waals surface area contributed by atoms with E-state index < -0.39 is 0 Å². The van der Waals surface area contributed by atoms with Crippen molar-refractivity contribution in [1.82, 2.24) is 0 Å². The summed E-state index contributed by atoms with van der Waals surface area (Å²) < 4.78 is 0. The third kappa shape index (κ3) is 1.23. The lowest BCUT2D eigenvalue weighted by molar-refractivity contribution is 0.470. The quantitative estimate of drug-likeness (QED) is 0.656. The molecule has 74 valence electrons. The van der Waals surface area contributed by atoms with Crippen molar-refractivity contribution in [2.75, 3.05) is 11.9 Å². The topological polar surface area (TPSA) is 12.0 Å². The summed E-state index contributed by atoms with van der Waals surface area (Å²) in [6.07, 6.45) is 5.65. The molecular formula is C13H17N. The van der Waals surface area contributed by atoms with Crippen LogP contribution in [0.4, 0.5) is 5.69 Å². The van der Waals surface area contributed by atoms with E-state index in [9.17, 15) is 0 Å². The third-order valence-electron chi connectivity index (χ3n) is 3.85. The van der Waals surface area contributed by atoms with E-state index in [-0.39, 0.29) is 0 Å². The van der Waals surface area contributed by atoms with E-state index in [1.165, 1.54) is 31.4 Å². The summed E-state index contributed by atoms with van der Waals surface area (Å²) in [7, 11) is 0. The van der Waals surface area contributed by atoms with Gasteiger partial charge in [0.25, 0.3) is 0 Å². The second-order valence-corrected chi connectivity index (χ2v) is 4.60. The van der Waals surface area contributed by atoms with E-state index in [2.05, 4.69) is 29.6 Å². The first-order valence-corrected chi connectivity index (χ1v) is 5.78. The SMILES string of the molecule is c1ccc2c(c1)NCCC1CCCC21. The molecule has 2 atom stereocenters. The van der Waals surface area contributed by atoms with Crippen LogP contribution in [0, 0.1) is 5.92 Å². The Bertz CT molecular complexity index is 332. The molecule has 1 nitrogen and oxygen atoms in total. The highest BCUT2D eigenvalue weighted by Gasteiger charge is 2.31. The summed E-state index contributed by atoms with van der Waals surface area (Å²) in [4.78, 5) is 0. The van der Waals surface area contributed by atoms with Gasteiger partial charge in [-0.2, -0.15) is 0 Å². The van der Waals surface area contributed by atoms with Crippen LogP contribution in [0.3, 0.4) is 0 Å². The largest absolute Gasteiger partial charge is 0.385 e. The van der Waals surface area contributed by atoms with Crippen LogP contribution >= 0.6 is 0 Å². The van der Waals surface area contributed by atoms with Gasteiger partial charge >= 0.3 is 0 Å². The molecule has 3 rings (SSSR count). The highest BCUT2D eigenvalue weighted by molar-refractivity contribution is 5.54. The van der Waals surface area contributed by atoms with Crippen molar-refractivity contribution in [2.45, 2.75) is 31.6 Å². The summed E-state index contributed by atoms with van der Waals surface area (Å²) in [6, 6.07) is 8.87. The highest BCUT2D eigenvalue weighted by Crippen LogP contribution is 2.45. The molecule has 1 aliphatic heterocycles. The fourth-order valence-corrected chi connectivity index (χ4v) is 3.17. The number of benzene rings is 1. The molecule has 1 N–H and O–H groups in total. The minimum Gasteiger partial charge on any atom is -0.385 e. The molecule has 1 saturated carbocycles. The lowest BCUT2D eigenvalue weighted by atomic mass is 9.87. The molecule has 0 bridgehead atoms. The number of nitrogens with one attached hydrogen (secondary N) is 1. The first-order valence-electron chi connectivity index (χ1n) is 5.78. The average Bonchev–Trinajstić information content (AvgIpc) is 2.61. The molecule has 0 radical (unpaired) electrons. The van der Waals surface area contributed by atoms with Gasteiger partial charge in [-0.15, -0.1) is 0 Å². The van der Waals surface area contributed by atoms with Crippen molar-refractivity contribution in [1.29, 1.82) is 0 Å². The molecule has 2 aliphatic rings. The molecule has 0 spiro atoms. The smallest absolute Gasteiger partial charge is 0.0375 e. The Balaban J connectivity index is 2.04. The van der Waals surface area contributed by atoms with Crippen molar-refractivity contribution in [3.05, 3.63) is 29.8 Å². The number of hydrogen-bond donors (Lipinski definition) is 1. The first kappa shape index (κ1) is 8.34. The van der Waals surface area contributed by atoms with E-state index in [1.807, 2.05) is 0 Å². The van der Waals surface area contributed by atoms with Gasteiger partial charge < -0.3 is 5.32 Å². The predicted molar refractivity (Wildman–Crippen MR) is 59.6 cm³/mol. The maximum absolute atomic E-state index is 3.55. The number of rotatable bonds is 0. The van der Waals surface area contributed by atoms with Crippen molar-refractivity contribution in [2.24, 2.45) is 5.92 Å². The van der Waals surface area contributed by atoms with Gasteiger partial charge in [-0.3, -0.25) is 0 Å². The Morgan fingerprint density at radius 2 is 2.00 bits per heavy atom. The number of hydrogen-bond acceptors (Lipinski definition) is 1. The van der Waals surface area contributed by atoms with Gasteiger partial charge in [-0.25, -0.2) is 0 Å². The first-order chi connectivity index (χ1) is 6.95. The van der Waals surface area contributed by atoms with Crippen LogP contribution in [0.25, 0.3) is 0 Å².